The predicted molar refractivity (Wildman–Crippen MR) is 71.7 cm³/mol. The van der Waals surface area contributed by atoms with Gasteiger partial charge in [0.05, 0.1) is 11.7 Å². The van der Waals surface area contributed by atoms with Gasteiger partial charge in [-0.1, -0.05) is 27.7 Å². The van der Waals surface area contributed by atoms with Gasteiger partial charge in [-0.05, 0) is 38.5 Å². The van der Waals surface area contributed by atoms with E-state index in [1.165, 1.54) is 6.42 Å². The molecule has 1 amide bonds. The Hall–Kier alpha value is -0.570. The first kappa shape index (κ1) is 14.5. The number of amides is 1. The van der Waals surface area contributed by atoms with E-state index in [0.29, 0.717) is 0 Å². The SMILES string of the molecule is CCC1NC(C)(CC)C(=O)N1CCCC(C)C. The van der Waals surface area contributed by atoms with Crippen LogP contribution in [0.25, 0.3) is 0 Å². The summed E-state index contributed by atoms with van der Waals surface area (Å²) in [5.41, 5.74) is -0.335. The number of rotatable bonds is 6. The molecule has 2 unspecified atom stereocenters. The van der Waals surface area contributed by atoms with Gasteiger partial charge in [0.25, 0.3) is 0 Å². The van der Waals surface area contributed by atoms with Crippen molar-refractivity contribution >= 4 is 5.91 Å². The monoisotopic (exact) mass is 240 g/mol. The van der Waals surface area contributed by atoms with Gasteiger partial charge < -0.3 is 4.90 Å². The topological polar surface area (TPSA) is 32.3 Å². The van der Waals surface area contributed by atoms with Crippen LogP contribution >= 0.6 is 0 Å². The Bertz CT molecular complexity index is 265. The Labute approximate surface area is 106 Å². The fourth-order valence-electron chi connectivity index (χ4n) is 2.47. The molecule has 1 N–H and O–H groups in total. The Morgan fingerprint density at radius 1 is 1.41 bits per heavy atom. The Morgan fingerprint density at radius 2 is 2.06 bits per heavy atom. The van der Waals surface area contributed by atoms with E-state index in [-0.39, 0.29) is 17.6 Å². The van der Waals surface area contributed by atoms with Crippen molar-refractivity contribution < 1.29 is 4.79 Å². The molecule has 0 aromatic rings. The van der Waals surface area contributed by atoms with E-state index in [1.54, 1.807) is 0 Å². The third kappa shape index (κ3) is 3.21. The second-order valence-electron chi connectivity index (χ2n) is 5.79. The molecule has 0 aliphatic carbocycles. The lowest BCUT2D eigenvalue weighted by Gasteiger charge is -2.23. The van der Waals surface area contributed by atoms with Crippen LogP contribution in [0.2, 0.25) is 0 Å². The van der Waals surface area contributed by atoms with Crippen molar-refractivity contribution in [2.24, 2.45) is 5.92 Å². The maximum Gasteiger partial charge on any atom is 0.243 e. The van der Waals surface area contributed by atoms with Gasteiger partial charge in [-0.3, -0.25) is 10.1 Å². The van der Waals surface area contributed by atoms with Crippen LogP contribution in [-0.4, -0.2) is 29.1 Å². The van der Waals surface area contributed by atoms with Gasteiger partial charge in [0.2, 0.25) is 5.91 Å². The minimum absolute atomic E-state index is 0.236. The van der Waals surface area contributed by atoms with E-state index in [4.69, 9.17) is 0 Å². The van der Waals surface area contributed by atoms with Gasteiger partial charge >= 0.3 is 0 Å². The minimum atomic E-state index is -0.335. The van der Waals surface area contributed by atoms with Gasteiger partial charge in [-0.2, -0.15) is 0 Å². The summed E-state index contributed by atoms with van der Waals surface area (Å²) in [5.74, 6) is 1.01. The number of carbonyl (C=O) groups is 1. The number of nitrogens with zero attached hydrogens (tertiary/aromatic N) is 1. The van der Waals surface area contributed by atoms with Crippen molar-refractivity contribution in [1.29, 1.82) is 0 Å². The number of hydrogen-bond donors (Lipinski definition) is 1. The largest absolute Gasteiger partial charge is 0.326 e. The lowest BCUT2D eigenvalue weighted by atomic mass is 9.99. The lowest BCUT2D eigenvalue weighted by Crippen LogP contribution is -2.43. The molecule has 0 spiro atoms. The molecule has 1 aliphatic heterocycles. The fourth-order valence-corrected chi connectivity index (χ4v) is 2.47. The summed E-state index contributed by atoms with van der Waals surface area (Å²) < 4.78 is 0. The number of nitrogens with one attached hydrogen (secondary N) is 1. The first-order chi connectivity index (χ1) is 7.94. The zero-order valence-electron chi connectivity index (χ0n) is 12.0. The van der Waals surface area contributed by atoms with Crippen LogP contribution in [-0.2, 0) is 4.79 Å². The molecule has 1 saturated heterocycles. The maximum atomic E-state index is 12.4. The molecule has 1 heterocycles. The molecule has 2 atom stereocenters. The summed E-state index contributed by atoms with van der Waals surface area (Å²) in [6.07, 6.45) is 4.40. The third-order valence-corrected chi connectivity index (χ3v) is 3.87. The number of hydrogen-bond acceptors (Lipinski definition) is 2. The third-order valence-electron chi connectivity index (χ3n) is 3.87. The highest BCUT2D eigenvalue weighted by molar-refractivity contribution is 5.88. The zero-order chi connectivity index (χ0) is 13.1. The highest BCUT2D eigenvalue weighted by atomic mass is 16.2. The van der Waals surface area contributed by atoms with Crippen LogP contribution in [0.1, 0.15) is 60.3 Å². The molecule has 1 rings (SSSR count). The van der Waals surface area contributed by atoms with Crippen molar-refractivity contribution in [3.05, 3.63) is 0 Å². The van der Waals surface area contributed by atoms with E-state index in [9.17, 15) is 4.79 Å². The lowest BCUT2D eigenvalue weighted by molar-refractivity contribution is -0.133. The zero-order valence-corrected chi connectivity index (χ0v) is 12.0. The molecule has 0 aromatic heterocycles. The summed E-state index contributed by atoms with van der Waals surface area (Å²) in [7, 11) is 0. The van der Waals surface area contributed by atoms with Crippen LogP contribution < -0.4 is 5.32 Å². The molecule has 17 heavy (non-hydrogen) atoms. The average molecular weight is 240 g/mol. The van der Waals surface area contributed by atoms with Crippen molar-refractivity contribution in [2.45, 2.75) is 72.0 Å². The molecule has 1 aliphatic rings. The van der Waals surface area contributed by atoms with E-state index in [0.717, 1.165) is 31.7 Å². The van der Waals surface area contributed by atoms with Crippen LogP contribution in [0.5, 0.6) is 0 Å². The quantitative estimate of drug-likeness (QED) is 0.774. The minimum Gasteiger partial charge on any atom is -0.326 e. The Balaban J connectivity index is 2.60. The van der Waals surface area contributed by atoms with E-state index in [2.05, 4.69) is 33.0 Å². The van der Waals surface area contributed by atoms with Crippen LogP contribution in [0.4, 0.5) is 0 Å². The molecule has 100 valence electrons. The van der Waals surface area contributed by atoms with Gasteiger partial charge in [-0.15, -0.1) is 0 Å². The summed E-state index contributed by atoms with van der Waals surface area (Å²) in [4.78, 5) is 14.4. The van der Waals surface area contributed by atoms with Crippen molar-refractivity contribution in [1.82, 2.24) is 10.2 Å². The van der Waals surface area contributed by atoms with Gasteiger partial charge in [0, 0.05) is 6.54 Å². The Morgan fingerprint density at radius 3 is 2.53 bits per heavy atom. The Kier molecular flexibility index (Phi) is 4.99. The highest BCUT2D eigenvalue weighted by Gasteiger charge is 2.45. The molecular formula is C14H28N2O. The first-order valence-corrected chi connectivity index (χ1v) is 7.03. The van der Waals surface area contributed by atoms with Gasteiger partial charge in [0.1, 0.15) is 0 Å². The second kappa shape index (κ2) is 5.85. The molecule has 0 aromatic carbocycles. The normalized spacial score (nSPS) is 29.4. The first-order valence-electron chi connectivity index (χ1n) is 7.03. The molecule has 3 heteroatoms. The summed E-state index contributed by atoms with van der Waals surface area (Å²) in [5, 5.41) is 3.48. The van der Waals surface area contributed by atoms with Gasteiger partial charge in [-0.25, -0.2) is 0 Å². The van der Waals surface area contributed by atoms with Gasteiger partial charge in [0.15, 0.2) is 0 Å². The van der Waals surface area contributed by atoms with Crippen molar-refractivity contribution in [2.75, 3.05) is 6.54 Å². The summed E-state index contributed by atoms with van der Waals surface area (Å²) in [6, 6.07) is 0. The van der Waals surface area contributed by atoms with Crippen molar-refractivity contribution in [3.8, 4) is 0 Å². The smallest absolute Gasteiger partial charge is 0.243 e. The molecule has 3 nitrogen and oxygen atoms in total. The summed E-state index contributed by atoms with van der Waals surface area (Å²) >= 11 is 0. The predicted octanol–water partition coefficient (Wildman–Crippen LogP) is 2.76. The van der Waals surface area contributed by atoms with E-state index < -0.39 is 0 Å². The molecule has 0 bridgehead atoms. The maximum absolute atomic E-state index is 12.4. The van der Waals surface area contributed by atoms with Crippen LogP contribution in [0.3, 0.4) is 0 Å². The second-order valence-corrected chi connectivity index (χ2v) is 5.79. The van der Waals surface area contributed by atoms with Crippen LogP contribution in [0, 0.1) is 5.92 Å². The standard InChI is InChI=1S/C14H28N2O/c1-6-12-15-14(5,7-2)13(17)16(12)10-8-9-11(3)4/h11-12,15H,6-10H2,1-5H3. The van der Waals surface area contributed by atoms with Crippen LogP contribution in [0.15, 0.2) is 0 Å². The molecule has 1 fully saturated rings. The number of carbonyl (C=O) groups excluding carboxylic acids is 1. The van der Waals surface area contributed by atoms with E-state index >= 15 is 0 Å². The summed E-state index contributed by atoms with van der Waals surface area (Å²) in [6.45, 7) is 11.6. The molecule has 0 radical (unpaired) electrons. The molecule has 0 saturated carbocycles. The average Bonchev–Trinajstić information content (AvgIpc) is 2.53. The highest BCUT2D eigenvalue weighted by Crippen LogP contribution is 2.25. The van der Waals surface area contributed by atoms with E-state index in [1.807, 2.05) is 11.8 Å². The fraction of sp³-hybridized carbons (Fsp3) is 0.929. The molecular weight excluding hydrogens is 212 g/mol. The van der Waals surface area contributed by atoms with Crippen molar-refractivity contribution in [3.63, 3.8) is 0 Å².